The normalized spacial score (nSPS) is 11.6. The lowest BCUT2D eigenvalue weighted by Gasteiger charge is -2.21. The molecule has 1 heterocycles. The maximum atomic E-state index is 12.8. The van der Waals surface area contributed by atoms with E-state index in [1.54, 1.807) is 12.1 Å². The van der Waals surface area contributed by atoms with E-state index in [1.807, 2.05) is 54.6 Å². The van der Waals surface area contributed by atoms with Crippen molar-refractivity contribution in [3.8, 4) is 11.1 Å². The summed E-state index contributed by atoms with van der Waals surface area (Å²) in [5, 5.41) is 11.3. The van der Waals surface area contributed by atoms with Gasteiger partial charge in [0.05, 0.1) is 5.56 Å². The predicted molar refractivity (Wildman–Crippen MR) is 132 cm³/mol. The Morgan fingerprint density at radius 3 is 1.92 bits per heavy atom. The average molecular weight is 503 g/mol. The number of carbonyl (C=O) groups is 2. The maximum Gasteiger partial charge on any atom is 0.416 e. The van der Waals surface area contributed by atoms with Crippen LogP contribution in [0.4, 0.5) is 13.2 Å². The number of carboxylic acids is 1. The van der Waals surface area contributed by atoms with Gasteiger partial charge in [-0.2, -0.15) is 13.2 Å². The van der Waals surface area contributed by atoms with Crippen molar-refractivity contribution in [1.29, 1.82) is 0 Å². The van der Waals surface area contributed by atoms with Crippen LogP contribution >= 0.6 is 0 Å². The number of hydrogen-bond donors (Lipinski definition) is 1. The first-order chi connectivity index (χ1) is 17.7. The number of carboxylic acid groups (broad SMARTS) is 1. The van der Waals surface area contributed by atoms with Gasteiger partial charge in [-0.25, -0.2) is 4.79 Å². The zero-order chi connectivity index (χ0) is 26.2. The zero-order valence-electron chi connectivity index (χ0n) is 19.3. The number of amides is 1. The Labute approximate surface area is 209 Å². The summed E-state index contributed by atoms with van der Waals surface area (Å²) in [4.78, 5) is 24.8. The summed E-state index contributed by atoms with van der Waals surface area (Å²) < 4.78 is 44.4. The molecule has 0 unspecified atom stereocenters. The Morgan fingerprint density at radius 1 is 0.730 bits per heavy atom. The van der Waals surface area contributed by atoms with Gasteiger partial charge in [-0.3, -0.25) is 4.79 Å². The van der Waals surface area contributed by atoms with Crippen LogP contribution in [0.2, 0.25) is 0 Å². The summed E-state index contributed by atoms with van der Waals surface area (Å²) in [7, 11) is 0. The van der Waals surface area contributed by atoms with Crippen LogP contribution in [0, 0.1) is 0 Å². The first kappa shape index (κ1) is 24.1. The van der Waals surface area contributed by atoms with Crippen molar-refractivity contribution in [2.45, 2.75) is 19.3 Å². The molecule has 0 atom stereocenters. The Balaban J connectivity index is 1.37. The summed E-state index contributed by atoms with van der Waals surface area (Å²) in [5.74, 6) is -2.77. The molecule has 0 radical (unpaired) electrons. The zero-order valence-corrected chi connectivity index (χ0v) is 19.3. The Hall–Kier alpha value is -4.59. The highest BCUT2D eigenvalue weighted by Crippen LogP contribution is 2.33. The molecule has 1 amide bonds. The van der Waals surface area contributed by atoms with Crippen molar-refractivity contribution in [3.63, 3.8) is 0 Å². The van der Waals surface area contributed by atoms with Crippen LogP contribution < -0.4 is 0 Å². The number of fused-ring (bicyclic) bond motifs is 3. The van der Waals surface area contributed by atoms with E-state index in [1.165, 1.54) is 12.1 Å². The number of carbonyl (C=O) groups excluding carboxylic acids is 1. The van der Waals surface area contributed by atoms with E-state index in [-0.39, 0.29) is 13.1 Å². The van der Waals surface area contributed by atoms with Gasteiger partial charge in [-0.1, -0.05) is 60.7 Å². The number of para-hydroxylation sites is 1. The van der Waals surface area contributed by atoms with Gasteiger partial charge >= 0.3 is 18.1 Å². The van der Waals surface area contributed by atoms with Crippen molar-refractivity contribution < 1.29 is 32.3 Å². The molecule has 8 heteroatoms. The first-order valence-corrected chi connectivity index (χ1v) is 11.4. The third-order valence-corrected chi connectivity index (χ3v) is 6.16. The molecule has 4 aromatic carbocycles. The van der Waals surface area contributed by atoms with Crippen LogP contribution in [0.25, 0.3) is 33.1 Å². The number of aliphatic carboxylic acids is 1. The van der Waals surface area contributed by atoms with Crippen LogP contribution in [-0.2, 0) is 28.9 Å². The molecular formula is C29H20F3NO4. The third-order valence-electron chi connectivity index (χ3n) is 6.16. The van der Waals surface area contributed by atoms with E-state index in [9.17, 15) is 27.9 Å². The lowest BCUT2D eigenvalue weighted by atomic mass is 10.0. The number of benzene rings is 4. The van der Waals surface area contributed by atoms with Crippen molar-refractivity contribution in [1.82, 2.24) is 4.90 Å². The second-order valence-corrected chi connectivity index (χ2v) is 8.67. The summed E-state index contributed by atoms with van der Waals surface area (Å²) in [6.07, 6.45) is -4.48. The van der Waals surface area contributed by atoms with Crippen LogP contribution in [0.1, 0.15) is 16.7 Å². The van der Waals surface area contributed by atoms with Gasteiger partial charge in [0.15, 0.2) is 0 Å². The topological polar surface area (TPSA) is 70.8 Å². The van der Waals surface area contributed by atoms with Gasteiger partial charge in [-0.05, 0) is 52.6 Å². The molecule has 0 fully saturated rings. The summed E-state index contributed by atoms with van der Waals surface area (Å²) in [6.45, 7) is -0.160. The van der Waals surface area contributed by atoms with Crippen LogP contribution in [0.15, 0.2) is 95.4 Å². The van der Waals surface area contributed by atoms with Gasteiger partial charge in [0.2, 0.25) is 0 Å². The number of furan rings is 1. The van der Waals surface area contributed by atoms with E-state index < -0.39 is 23.6 Å². The average Bonchev–Trinajstić information content (AvgIpc) is 3.26. The third kappa shape index (κ3) is 5.04. The second kappa shape index (κ2) is 9.46. The molecule has 0 saturated heterocycles. The highest BCUT2D eigenvalue weighted by molar-refractivity contribution is 6.31. The number of hydrogen-bond acceptors (Lipinski definition) is 3. The quantitative estimate of drug-likeness (QED) is 0.265. The number of nitrogens with zero attached hydrogens (tertiary/aromatic N) is 1. The molecule has 1 aromatic heterocycles. The van der Waals surface area contributed by atoms with Crippen molar-refractivity contribution in [2.24, 2.45) is 0 Å². The Morgan fingerprint density at radius 2 is 1.30 bits per heavy atom. The minimum Gasteiger partial charge on any atom is -0.474 e. The van der Waals surface area contributed by atoms with E-state index in [2.05, 4.69) is 0 Å². The molecule has 0 spiro atoms. The molecule has 0 bridgehead atoms. The van der Waals surface area contributed by atoms with Crippen LogP contribution in [0.5, 0.6) is 0 Å². The first-order valence-electron chi connectivity index (χ1n) is 11.4. The SMILES string of the molecule is O=C(O)C(=O)N(Cc1ccc(-c2ccc3oc4ccccc4c3c2)cc1)Cc1ccc(C(F)(F)F)cc1. The highest BCUT2D eigenvalue weighted by atomic mass is 19.4. The molecule has 37 heavy (non-hydrogen) atoms. The van der Waals surface area contributed by atoms with E-state index in [4.69, 9.17) is 4.42 Å². The standard InChI is InChI=1S/C29H20F3NO4/c30-29(31,32)22-12-7-19(8-13-22)17-33(27(34)28(35)36)16-18-5-9-20(10-6-18)21-11-14-26-24(15-21)23-3-1-2-4-25(23)37-26/h1-15H,16-17H2,(H,35,36). The number of halogens is 3. The van der Waals surface area contributed by atoms with Gasteiger partial charge in [0.25, 0.3) is 0 Å². The molecular weight excluding hydrogens is 483 g/mol. The maximum absolute atomic E-state index is 12.8. The summed E-state index contributed by atoms with van der Waals surface area (Å²) in [5.41, 5.74) is 3.74. The molecule has 5 rings (SSSR count). The van der Waals surface area contributed by atoms with Gasteiger partial charge in [-0.15, -0.1) is 0 Å². The molecule has 1 N–H and O–H groups in total. The van der Waals surface area contributed by atoms with Crippen molar-refractivity contribution in [3.05, 3.63) is 108 Å². The van der Waals surface area contributed by atoms with E-state index in [0.717, 1.165) is 50.1 Å². The number of rotatable bonds is 5. The van der Waals surface area contributed by atoms with Crippen molar-refractivity contribution in [2.75, 3.05) is 0 Å². The molecule has 5 nitrogen and oxygen atoms in total. The molecule has 0 aliphatic heterocycles. The monoisotopic (exact) mass is 503 g/mol. The second-order valence-electron chi connectivity index (χ2n) is 8.67. The van der Waals surface area contributed by atoms with E-state index in [0.29, 0.717) is 11.1 Å². The Bertz CT molecular complexity index is 1600. The van der Waals surface area contributed by atoms with Gasteiger partial charge < -0.3 is 14.4 Å². The van der Waals surface area contributed by atoms with Gasteiger partial charge in [0, 0.05) is 23.9 Å². The van der Waals surface area contributed by atoms with E-state index >= 15 is 0 Å². The predicted octanol–water partition coefficient (Wildman–Crippen LogP) is 6.89. The summed E-state index contributed by atoms with van der Waals surface area (Å²) in [6, 6.07) is 25.3. The fourth-order valence-corrected chi connectivity index (χ4v) is 4.28. The fourth-order valence-electron chi connectivity index (χ4n) is 4.28. The van der Waals surface area contributed by atoms with Crippen LogP contribution in [0.3, 0.4) is 0 Å². The molecule has 186 valence electrons. The molecule has 5 aromatic rings. The highest BCUT2D eigenvalue weighted by Gasteiger charge is 2.30. The van der Waals surface area contributed by atoms with Crippen LogP contribution in [-0.4, -0.2) is 21.9 Å². The Kier molecular flexibility index (Phi) is 6.17. The van der Waals surface area contributed by atoms with Gasteiger partial charge in [0.1, 0.15) is 11.2 Å². The fraction of sp³-hybridized carbons (Fsp3) is 0.103. The largest absolute Gasteiger partial charge is 0.474 e. The summed E-state index contributed by atoms with van der Waals surface area (Å²) >= 11 is 0. The number of alkyl halides is 3. The van der Waals surface area contributed by atoms with Crippen molar-refractivity contribution >= 4 is 33.8 Å². The minimum atomic E-state index is -4.48. The lowest BCUT2D eigenvalue weighted by Crippen LogP contribution is -2.35. The minimum absolute atomic E-state index is 0.0160. The molecule has 0 aliphatic carbocycles. The lowest BCUT2D eigenvalue weighted by molar-refractivity contribution is -0.156. The molecule has 0 aliphatic rings. The molecule has 0 saturated carbocycles. The smallest absolute Gasteiger partial charge is 0.416 e.